The monoisotopic (exact) mass is 381 g/mol. The van der Waals surface area contributed by atoms with Gasteiger partial charge >= 0.3 is 0 Å². The van der Waals surface area contributed by atoms with Crippen LogP contribution >= 0.6 is 0 Å². The van der Waals surface area contributed by atoms with E-state index in [0.717, 1.165) is 12.0 Å². The minimum absolute atomic E-state index is 0.0353. The Morgan fingerprint density at radius 3 is 2.61 bits per heavy atom. The third-order valence-corrected chi connectivity index (χ3v) is 4.30. The predicted octanol–water partition coefficient (Wildman–Crippen LogP) is 4.74. The van der Waals surface area contributed by atoms with Crippen molar-refractivity contribution in [1.29, 1.82) is 0 Å². The van der Waals surface area contributed by atoms with Crippen molar-refractivity contribution in [3.63, 3.8) is 0 Å². The average molecular weight is 381 g/mol. The van der Waals surface area contributed by atoms with Gasteiger partial charge in [0.2, 0.25) is 5.91 Å². The molecule has 1 heterocycles. The van der Waals surface area contributed by atoms with Gasteiger partial charge in [0.1, 0.15) is 17.3 Å². The molecule has 2 aromatic carbocycles. The molecule has 4 nitrogen and oxygen atoms in total. The second kappa shape index (κ2) is 10.4. The van der Waals surface area contributed by atoms with Gasteiger partial charge in [0.05, 0.1) is 12.2 Å². The molecular formula is C23H24FNO3. The molecule has 1 N–H and O–H groups in total. The van der Waals surface area contributed by atoms with Gasteiger partial charge in [-0.25, -0.2) is 4.39 Å². The quantitative estimate of drug-likeness (QED) is 0.516. The third-order valence-electron chi connectivity index (χ3n) is 4.30. The van der Waals surface area contributed by atoms with Crippen molar-refractivity contribution >= 4 is 5.91 Å². The molecule has 3 rings (SSSR count). The lowest BCUT2D eigenvalue weighted by atomic mass is 10.1. The zero-order chi connectivity index (χ0) is 19.6. The first-order chi connectivity index (χ1) is 13.7. The maximum absolute atomic E-state index is 13.8. The number of benzene rings is 2. The highest BCUT2D eigenvalue weighted by Gasteiger charge is 2.10. The van der Waals surface area contributed by atoms with Crippen LogP contribution in [0.1, 0.15) is 24.2 Å². The summed E-state index contributed by atoms with van der Waals surface area (Å²) in [7, 11) is 0. The number of rotatable bonds is 10. The minimum atomic E-state index is -0.323. The second-order valence-corrected chi connectivity index (χ2v) is 6.49. The van der Waals surface area contributed by atoms with Crippen LogP contribution in [0.5, 0.6) is 0 Å². The zero-order valence-electron chi connectivity index (χ0n) is 15.7. The summed E-state index contributed by atoms with van der Waals surface area (Å²) in [5.74, 6) is 0.784. The summed E-state index contributed by atoms with van der Waals surface area (Å²) in [4.78, 5) is 11.9. The van der Waals surface area contributed by atoms with Crippen LogP contribution in [0.15, 0.2) is 71.1 Å². The highest BCUT2D eigenvalue weighted by molar-refractivity contribution is 5.76. The van der Waals surface area contributed by atoms with E-state index in [0.29, 0.717) is 49.7 Å². The lowest BCUT2D eigenvalue weighted by Gasteiger charge is -2.06. The molecule has 0 bridgehead atoms. The standard InChI is InChI=1S/C23H24FNO3/c24-21-10-5-4-9-20(21)22-13-11-19(28-22)12-14-23(26)25-15-6-16-27-17-18-7-2-1-3-8-18/h1-5,7-11,13H,6,12,14-17H2,(H,25,26). The summed E-state index contributed by atoms with van der Waals surface area (Å²) >= 11 is 0. The van der Waals surface area contributed by atoms with Gasteiger partial charge in [-0.15, -0.1) is 0 Å². The van der Waals surface area contributed by atoms with Crippen LogP contribution in [0.2, 0.25) is 0 Å². The van der Waals surface area contributed by atoms with Crippen molar-refractivity contribution in [1.82, 2.24) is 5.32 Å². The number of furan rings is 1. The van der Waals surface area contributed by atoms with Crippen molar-refractivity contribution in [2.24, 2.45) is 0 Å². The Labute approximate surface area is 164 Å². The first-order valence-electron chi connectivity index (χ1n) is 9.44. The van der Waals surface area contributed by atoms with Crippen LogP contribution < -0.4 is 5.32 Å². The molecule has 146 valence electrons. The molecule has 1 amide bonds. The van der Waals surface area contributed by atoms with Gasteiger partial charge in [0.25, 0.3) is 0 Å². The van der Waals surface area contributed by atoms with Gasteiger partial charge in [-0.1, -0.05) is 42.5 Å². The van der Waals surface area contributed by atoms with Crippen LogP contribution in [0.3, 0.4) is 0 Å². The fourth-order valence-electron chi connectivity index (χ4n) is 2.81. The van der Waals surface area contributed by atoms with Crippen LogP contribution in [0.25, 0.3) is 11.3 Å². The van der Waals surface area contributed by atoms with Crippen molar-refractivity contribution in [3.8, 4) is 11.3 Å². The highest BCUT2D eigenvalue weighted by Crippen LogP contribution is 2.25. The lowest BCUT2D eigenvalue weighted by molar-refractivity contribution is -0.121. The van der Waals surface area contributed by atoms with E-state index in [4.69, 9.17) is 9.15 Å². The Kier molecular flexibility index (Phi) is 7.38. The third kappa shape index (κ3) is 6.06. The Bertz CT molecular complexity index is 876. The molecule has 0 unspecified atom stereocenters. The summed E-state index contributed by atoms with van der Waals surface area (Å²) < 4.78 is 25.0. The molecule has 0 fully saturated rings. The summed E-state index contributed by atoms with van der Waals surface area (Å²) in [6, 6.07) is 20.0. The molecule has 0 radical (unpaired) electrons. The minimum Gasteiger partial charge on any atom is -0.461 e. The average Bonchev–Trinajstić information content (AvgIpc) is 3.19. The number of nitrogens with one attached hydrogen (secondary N) is 1. The van der Waals surface area contributed by atoms with Gasteiger partial charge < -0.3 is 14.5 Å². The molecule has 0 atom stereocenters. The summed E-state index contributed by atoms with van der Waals surface area (Å²) in [5.41, 5.74) is 1.56. The zero-order valence-corrected chi connectivity index (χ0v) is 15.7. The molecule has 0 aliphatic rings. The van der Waals surface area contributed by atoms with Crippen LogP contribution in [0, 0.1) is 5.82 Å². The largest absolute Gasteiger partial charge is 0.461 e. The molecule has 5 heteroatoms. The Hall–Kier alpha value is -2.92. The molecule has 0 saturated heterocycles. The van der Waals surface area contributed by atoms with Gasteiger partial charge in [0.15, 0.2) is 0 Å². The van der Waals surface area contributed by atoms with E-state index in [2.05, 4.69) is 5.32 Å². The van der Waals surface area contributed by atoms with E-state index in [-0.39, 0.29) is 11.7 Å². The van der Waals surface area contributed by atoms with Gasteiger partial charge in [-0.3, -0.25) is 4.79 Å². The van der Waals surface area contributed by atoms with Crippen molar-refractivity contribution in [2.45, 2.75) is 25.9 Å². The molecule has 28 heavy (non-hydrogen) atoms. The van der Waals surface area contributed by atoms with Crippen LogP contribution in [-0.4, -0.2) is 19.1 Å². The molecule has 0 saturated carbocycles. The smallest absolute Gasteiger partial charge is 0.220 e. The van der Waals surface area contributed by atoms with Crippen molar-refractivity contribution in [2.75, 3.05) is 13.2 Å². The van der Waals surface area contributed by atoms with E-state index in [9.17, 15) is 9.18 Å². The second-order valence-electron chi connectivity index (χ2n) is 6.49. The van der Waals surface area contributed by atoms with E-state index < -0.39 is 0 Å². The predicted molar refractivity (Wildman–Crippen MR) is 106 cm³/mol. The van der Waals surface area contributed by atoms with Crippen LogP contribution in [0.4, 0.5) is 4.39 Å². The Morgan fingerprint density at radius 2 is 1.79 bits per heavy atom. The number of carbonyl (C=O) groups is 1. The number of hydrogen-bond acceptors (Lipinski definition) is 3. The first kappa shape index (κ1) is 19.8. The number of hydrogen-bond donors (Lipinski definition) is 1. The van der Waals surface area contributed by atoms with E-state index in [1.807, 2.05) is 30.3 Å². The normalized spacial score (nSPS) is 10.8. The van der Waals surface area contributed by atoms with E-state index in [1.54, 1.807) is 30.3 Å². The fourth-order valence-corrected chi connectivity index (χ4v) is 2.81. The van der Waals surface area contributed by atoms with Crippen LogP contribution in [-0.2, 0) is 22.6 Å². The van der Waals surface area contributed by atoms with Gasteiger partial charge in [0, 0.05) is 26.0 Å². The van der Waals surface area contributed by atoms with E-state index in [1.165, 1.54) is 6.07 Å². The van der Waals surface area contributed by atoms with Crippen molar-refractivity contribution in [3.05, 3.63) is 83.9 Å². The fraction of sp³-hybridized carbons (Fsp3) is 0.261. The number of aryl methyl sites for hydroxylation is 1. The summed E-state index contributed by atoms with van der Waals surface area (Å²) in [6.07, 6.45) is 1.57. The molecule has 1 aromatic heterocycles. The van der Waals surface area contributed by atoms with Gasteiger partial charge in [-0.05, 0) is 36.2 Å². The molecule has 3 aromatic rings. The number of halogens is 1. The topological polar surface area (TPSA) is 51.5 Å². The Balaban J connectivity index is 1.31. The number of amides is 1. The first-order valence-corrected chi connectivity index (χ1v) is 9.44. The van der Waals surface area contributed by atoms with Gasteiger partial charge in [-0.2, -0.15) is 0 Å². The molecular weight excluding hydrogens is 357 g/mol. The molecule has 0 spiro atoms. The number of carbonyl (C=O) groups excluding carboxylic acids is 1. The highest BCUT2D eigenvalue weighted by atomic mass is 19.1. The lowest BCUT2D eigenvalue weighted by Crippen LogP contribution is -2.25. The number of ether oxygens (including phenoxy) is 1. The summed E-state index contributed by atoms with van der Waals surface area (Å²) in [6.45, 7) is 1.75. The Morgan fingerprint density at radius 1 is 1.00 bits per heavy atom. The van der Waals surface area contributed by atoms with Crippen molar-refractivity contribution < 1.29 is 18.3 Å². The maximum atomic E-state index is 13.8. The SMILES string of the molecule is O=C(CCc1ccc(-c2ccccc2F)o1)NCCCOCc1ccccc1. The molecule has 0 aliphatic heterocycles. The molecule has 0 aliphatic carbocycles. The summed E-state index contributed by atoms with van der Waals surface area (Å²) in [5, 5.41) is 2.88. The van der Waals surface area contributed by atoms with E-state index >= 15 is 0 Å². The maximum Gasteiger partial charge on any atom is 0.220 e.